The molecule has 4 rings (SSSR count). The smallest absolute Gasteiger partial charge is 0.339 e. The molecule has 0 amide bonds. The van der Waals surface area contributed by atoms with Crippen LogP contribution in [0.2, 0.25) is 0 Å². The fourth-order valence-electron chi connectivity index (χ4n) is 2.81. The van der Waals surface area contributed by atoms with Gasteiger partial charge in [-0.25, -0.2) is 14.2 Å². The number of aromatic nitrogens is 2. The van der Waals surface area contributed by atoms with Crippen LogP contribution in [0.25, 0.3) is 22.2 Å². The Hall–Kier alpha value is -3.60. The first kappa shape index (κ1) is 16.8. The third-order valence-electron chi connectivity index (χ3n) is 4.15. The summed E-state index contributed by atoms with van der Waals surface area (Å²) < 4.78 is 18.7. The molecule has 0 radical (unpaired) electrons. The number of carbonyl (C=O) groups is 1. The molecule has 5 heteroatoms. The maximum Gasteiger partial charge on any atom is 0.339 e. The molecule has 0 aliphatic rings. The van der Waals surface area contributed by atoms with Gasteiger partial charge >= 0.3 is 5.97 Å². The largest absolute Gasteiger partial charge is 0.456 e. The van der Waals surface area contributed by atoms with Gasteiger partial charge in [-0.3, -0.25) is 4.98 Å². The van der Waals surface area contributed by atoms with E-state index in [0.29, 0.717) is 27.9 Å². The van der Waals surface area contributed by atoms with E-state index in [2.05, 4.69) is 9.97 Å². The van der Waals surface area contributed by atoms with Crippen molar-refractivity contribution in [3.63, 3.8) is 0 Å². The molecule has 4 aromatic rings. The van der Waals surface area contributed by atoms with Crippen molar-refractivity contribution in [3.8, 4) is 11.3 Å². The molecule has 0 N–H and O–H groups in total. The zero-order chi connectivity index (χ0) is 18.6. The van der Waals surface area contributed by atoms with E-state index in [1.807, 2.05) is 30.3 Å². The molecule has 0 unspecified atom stereocenters. The van der Waals surface area contributed by atoms with Crippen LogP contribution in [0, 0.1) is 5.82 Å². The predicted molar refractivity (Wildman–Crippen MR) is 100 cm³/mol. The van der Waals surface area contributed by atoms with Crippen molar-refractivity contribution in [1.29, 1.82) is 0 Å². The topological polar surface area (TPSA) is 52.1 Å². The lowest BCUT2D eigenvalue weighted by Gasteiger charge is -2.10. The number of ether oxygens (including phenoxy) is 1. The van der Waals surface area contributed by atoms with Crippen LogP contribution in [-0.4, -0.2) is 15.9 Å². The second-order valence-electron chi connectivity index (χ2n) is 5.98. The molecule has 27 heavy (non-hydrogen) atoms. The fraction of sp³-hybridized carbons (Fsp3) is 0.0455. The normalized spacial score (nSPS) is 10.7. The van der Waals surface area contributed by atoms with Crippen molar-refractivity contribution in [1.82, 2.24) is 9.97 Å². The SMILES string of the molecule is O=C(OCc1ccccn1)c1cc(-c2ccc(F)cc2)nc2ccccc12. The first-order valence-electron chi connectivity index (χ1n) is 8.43. The van der Waals surface area contributed by atoms with Crippen LogP contribution in [-0.2, 0) is 11.3 Å². The highest BCUT2D eigenvalue weighted by atomic mass is 19.1. The quantitative estimate of drug-likeness (QED) is 0.492. The van der Waals surface area contributed by atoms with Crippen LogP contribution in [0.4, 0.5) is 4.39 Å². The van der Waals surface area contributed by atoms with Gasteiger partial charge in [-0.2, -0.15) is 0 Å². The van der Waals surface area contributed by atoms with E-state index >= 15 is 0 Å². The number of para-hydroxylation sites is 1. The van der Waals surface area contributed by atoms with Crippen LogP contribution >= 0.6 is 0 Å². The molecule has 0 bridgehead atoms. The summed E-state index contributed by atoms with van der Waals surface area (Å²) in [5, 5.41) is 0.703. The Bertz CT molecular complexity index is 1100. The van der Waals surface area contributed by atoms with Crippen LogP contribution < -0.4 is 0 Å². The Balaban J connectivity index is 1.72. The zero-order valence-corrected chi connectivity index (χ0v) is 14.3. The summed E-state index contributed by atoms with van der Waals surface area (Å²) in [5.74, 6) is -0.780. The summed E-state index contributed by atoms with van der Waals surface area (Å²) in [6.07, 6.45) is 1.65. The third kappa shape index (κ3) is 3.67. The van der Waals surface area contributed by atoms with Crippen molar-refractivity contribution in [2.75, 3.05) is 0 Å². The Morgan fingerprint density at radius 2 is 1.74 bits per heavy atom. The van der Waals surface area contributed by atoms with E-state index in [1.165, 1.54) is 12.1 Å². The summed E-state index contributed by atoms with van der Waals surface area (Å²) in [4.78, 5) is 21.5. The summed E-state index contributed by atoms with van der Waals surface area (Å²) >= 11 is 0. The van der Waals surface area contributed by atoms with Gasteiger partial charge in [0.15, 0.2) is 0 Å². The fourth-order valence-corrected chi connectivity index (χ4v) is 2.81. The molecule has 0 spiro atoms. The Labute approximate surface area is 155 Å². The molecule has 2 aromatic carbocycles. The number of benzene rings is 2. The van der Waals surface area contributed by atoms with E-state index in [-0.39, 0.29) is 12.4 Å². The van der Waals surface area contributed by atoms with Crippen LogP contribution in [0.3, 0.4) is 0 Å². The highest BCUT2D eigenvalue weighted by Crippen LogP contribution is 2.25. The highest BCUT2D eigenvalue weighted by Gasteiger charge is 2.15. The van der Waals surface area contributed by atoms with E-state index in [9.17, 15) is 9.18 Å². The van der Waals surface area contributed by atoms with E-state index in [0.717, 1.165) is 5.56 Å². The average molecular weight is 358 g/mol. The second-order valence-corrected chi connectivity index (χ2v) is 5.98. The van der Waals surface area contributed by atoms with Gasteiger partial charge in [-0.15, -0.1) is 0 Å². The molecule has 2 heterocycles. The summed E-state index contributed by atoms with van der Waals surface area (Å²) in [7, 11) is 0. The van der Waals surface area contributed by atoms with Crippen molar-refractivity contribution >= 4 is 16.9 Å². The highest BCUT2D eigenvalue weighted by molar-refractivity contribution is 6.04. The monoisotopic (exact) mass is 358 g/mol. The van der Waals surface area contributed by atoms with Gasteiger partial charge in [0, 0.05) is 17.1 Å². The van der Waals surface area contributed by atoms with Crippen LogP contribution in [0.5, 0.6) is 0 Å². The van der Waals surface area contributed by atoms with Gasteiger partial charge in [0.1, 0.15) is 12.4 Å². The number of esters is 1. The van der Waals surface area contributed by atoms with Crippen molar-refractivity contribution in [2.24, 2.45) is 0 Å². The molecule has 4 nitrogen and oxygen atoms in total. The molecule has 0 atom stereocenters. The van der Waals surface area contributed by atoms with Gasteiger partial charge in [-0.1, -0.05) is 24.3 Å². The number of hydrogen-bond acceptors (Lipinski definition) is 4. The molecule has 0 saturated heterocycles. The summed E-state index contributed by atoms with van der Waals surface area (Å²) in [5.41, 5.74) is 3.06. The first-order chi connectivity index (χ1) is 13.2. The lowest BCUT2D eigenvalue weighted by atomic mass is 10.0. The summed E-state index contributed by atoms with van der Waals surface area (Å²) in [6.45, 7) is 0.0855. The lowest BCUT2D eigenvalue weighted by molar-refractivity contribution is 0.0470. The lowest BCUT2D eigenvalue weighted by Crippen LogP contribution is -2.07. The van der Waals surface area contributed by atoms with E-state index < -0.39 is 5.97 Å². The number of hydrogen-bond donors (Lipinski definition) is 0. The Kier molecular flexibility index (Phi) is 4.58. The van der Waals surface area contributed by atoms with Gasteiger partial charge in [-0.05, 0) is 48.5 Å². The standard InChI is InChI=1S/C22H15FN2O2/c23-16-10-8-15(9-11-16)21-13-19(18-6-1-2-7-20(18)25-21)22(26)27-14-17-5-3-4-12-24-17/h1-13H,14H2. The number of nitrogens with zero attached hydrogens (tertiary/aromatic N) is 2. The molecule has 132 valence electrons. The molecular formula is C22H15FN2O2. The van der Waals surface area contributed by atoms with E-state index in [1.54, 1.807) is 36.5 Å². The minimum atomic E-state index is -0.456. The van der Waals surface area contributed by atoms with Crippen molar-refractivity contribution in [2.45, 2.75) is 6.61 Å². The predicted octanol–water partition coefficient (Wildman–Crippen LogP) is 4.79. The molecule has 2 aromatic heterocycles. The van der Waals surface area contributed by atoms with Crippen LogP contribution in [0.1, 0.15) is 16.1 Å². The molecule has 0 fully saturated rings. The molecular weight excluding hydrogens is 343 g/mol. The number of carbonyl (C=O) groups excluding carboxylic acids is 1. The van der Waals surface area contributed by atoms with Crippen LogP contribution in [0.15, 0.2) is 79.0 Å². The number of pyridine rings is 2. The van der Waals surface area contributed by atoms with Gasteiger partial charge in [0.2, 0.25) is 0 Å². The average Bonchev–Trinajstić information content (AvgIpc) is 2.72. The maximum absolute atomic E-state index is 13.2. The van der Waals surface area contributed by atoms with Gasteiger partial charge < -0.3 is 4.74 Å². The van der Waals surface area contributed by atoms with Gasteiger partial charge in [0.25, 0.3) is 0 Å². The molecule has 0 aliphatic carbocycles. The minimum Gasteiger partial charge on any atom is -0.456 e. The van der Waals surface area contributed by atoms with Crippen molar-refractivity contribution < 1.29 is 13.9 Å². The molecule has 0 saturated carbocycles. The minimum absolute atomic E-state index is 0.0855. The second kappa shape index (κ2) is 7.33. The van der Waals surface area contributed by atoms with Gasteiger partial charge in [0.05, 0.1) is 22.5 Å². The first-order valence-corrected chi connectivity index (χ1v) is 8.43. The molecule has 0 aliphatic heterocycles. The Morgan fingerprint density at radius 3 is 2.52 bits per heavy atom. The summed E-state index contributed by atoms with van der Waals surface area (Å²) in [6, 6.07) is 20.5. The number of halogens is 1. The third-order valence-corrected chi connectivity index (χ3v) is 4.15. The van der Waals surface area contributed by atoms with Crippen molar-refractivity contribution in [3.05, 3.63) is 96.1 Å². The Morgan fingerprint density at radius 1 is 0.963 bits per heavy atom. The maximum atomic E-state index is 13.2. The zero-order valence-electron chi connectivity index (χ0n) is 14.3. The van der Waals surface area contributed by atoms with E-state index in [4.69, 9.17) is 4.74 Å². The number of rotatable bonds is 4. The number of fused-ring (bicyclic) bond motifs is 1.